The molecule has 0 saturated carbocycles. The van der Waals surface area contributed by atoms with E-state index in [1.54, 1.807) is 22.2 Å². The van der Waals surface area contributed by atoms with Crippen LogP contribution in [0.5, 0.6) is 0 Å². The quantitative estimate of drug-likeness (QED) is 0.803. The van der Waals surface area contributed by atoms with Crippen molar-refractivity contribution in [3.05, 3.63) is 35.5 Å². The molecule has 0 aromatic carbocycles. The van der Waals surface area contributed by atoms with Gasteiger partial charge in [-0.15, -0.1) is 11.3 Å². The van der Waals surface area contributed by atoms with Crippen molar-refractivity contribution in [3.63, 3.8) is 0 Å². The van der Waals surface area contributed by atoms with E-state index < -0.39 is 0 Å². The lowest BCUT2D eigenvalue weighted by Gasteiger charge is -2.17. The highest BCUT2D eigenvalue weighted by Gasteiger charge is 2.34. The van der Waals surface area contributed by atoms with Crippen LogP contribution in [-0.2, 0) is 11.8 Å². The van der Waals surface area contributed by atoms with Crippen LogP contribution in [0.3, 0.4) is 0 Å². The van der Waals surface area contributed by atoms with Gasteiger partial charge in [-0.1, -0.05) is 0 Å². The molecule has 3 aromatic heterocycles. The van der Waals surface area contributed by atoms with Gasteiger partial charge in [0.2, 0.25) is 0 Å². The van der Waals surface area contributed by atoms with Crippen molar-refractivity contribution < 1.29 is 4.79 Å². The number of carbonyl (C=O) groups is 1. The summed E-state index contributed by atoms with van der Waals surface area (Å²) < 4.78 is 2.86. The molecule has 1 aliphatic rings. The minimum absolute atomic E-state index is 0.0921. The Kier molecular flexibility index (Phi) is 3.30. The van der Waals surface area contributed by atoms with Gasteiger partial charge in [-0.2, -0.15) is 5.10 Å². The van der Waals surface area contributed by atoms with Crippen LogP contribution < -0.4 is 10.2 Å². The number of carbonyl (C=O) groups excluding carboxylic acids is 1. The number of nitrogens with one attached hydrogen (secondary N) is 1. The second kappa shape index (κ2) is 5.34. The molecule has 118 valence electrons. The van der Waals surface area contributed by atoms with Crippen molar-refractivity contribution in [3.8, 4) is 0 Å². The molecule has 4 heterocycles. The topological polar surface area (TPSA) is 63.1 Å². The first kappa shape index (κ1) is 14.2. The highest BCUT2D eigenvalue weighted by Crippen LogP contribution is 2.30. The fourth-order valence-electron chi connectivity index (χ4n) is 3.07. The predicted octanol–water partition coefficient (Wildman–Crippen LogP) is 2.56. The predicted molar refractivity (Wildman–Crippen MR) is 91.9 cm³/mol. The molecule has 0 spiro atoms. The average molecular weight is 327 g/mol. The molecule has 23 heavy (non-hydrogen) atoms. The van der Waals surface area contributed by atoms with E-state index in [1.165, 1.54) is 0 Å². The van der Waals surface area contributed by atoms with E-state index in [1.807, 2.05) is 42.5 Å². The van der Waals surface area contributed by atoms with E-state index in [0.29, 0.717) is 6.54 Å². The van der Waals surface area contributed by atoms with Crippen LogP contribution in [-0.4, -0.2) is 33.3 Å². The van der Waals surface area contributed by atoms with Crippen LogP contribution in [0.2, 0.25) is 0 Å². The van der Waals surface area contributed by atoms with Gasteiger partial charge in [-0.3, -0.25) is 19.4 Å². The smallest absolute Gasteiger partial charge is 0.250 e. The number of hydrogen-bond acceptors (Lipinski definition) is 5. The lowest BCUT2D eigenvalue weighted by Crippen LogP contribution is -2.34. The van der Waals surface area contributed by atoms with Crippen molar-refractivity contribution in [1.82, 2.24) is 14.8 Å². The van der Waals surface area contributed by atoms with Crippen LogP contribution in [0.15, 0.2) is 29.8 Å². The number of fused-ring (bicyclic) bond motifs is 1. The van der Waals surface area contributed by atoms with Crippen LogP contribution in [0.1, 0.15) is 12.1 Å². The zero-order valence-corrected chi connectivity index (χ0v) is 13.8. The first-order valence-electron chi connectivity index (χ1n) is 7.54. The largest absolute Gasteiger partial charge is 0.372 e. The first-order valence-corrected chi connectivity index (χ1v) is 8.42. The fraction of sp³-hybridized carbons (Fsp3) is 0.312. The molecule has 0 radical (unpaired) electrons. The number of amides is 1. The van der Waals surface area contributed by atoms with E-state index in [2.05, 4.69) is 15.4 Å². The molecule has 1 saturated heterocycles. The summed E-state index contributed by atoms with van der Waals surface area (Å²) in [5.41, 5.74) is 2.86. The van der Waals surface area contributed by atoms with E-state index in [-0.39, 0.29) is 11.9 Å². The number of rotatable bonds is 3. The van der Waals surface area contributed by atoms with E-state index >= 15 is 0 Å². The molecule has 1 amide bonds. The van der Waals surface area contributed by atoms with Crippen molar-refractivity contribution in [1.29, 1.82) is 0 Å². The Labute approximate surface area is 137 Å². The SMILES string of the molecule is Cc1cc(N2CCC(Nc3ccnc4ccsc34)C2=O)n(C)n1. The molecule has 1 fully saturated rings. The summed E-state index contributed by atoms with van der Waals surface area (Å²) in [5.74, 6) is 0.947. The number of aryl methyl sites for hydroxylation is 2. The maximum Gasteiger partial charge on any atom is 0.250 e. The zero-order chi connectivity index (χ0) is 16.0. The molecular weight excluding hydrogens is 310 g/mol. The fourth-order valence-corrected chi connectivity index (χ4v) is 3.89. The van der Waals surface area contributed by atoms with Crippen LogP contribution in [0.4, 0.5) is 11.5 Å². The highest BCUT2D eigenvalue weighted by atomic mass is 32.1. The second-order valence-electron chi connectivity index (χ2n) is 5.74. The maximum absolute atomic E-state index is 12.8. The molecule has 7 heteroatoms. The molecule has 6 nitrogen and oxygen atoms in total. The van der Waals surface area contributed by atoms with E-state index in [0.717, 1.165) is 33.8 Å². The summed E-state index contributed by atoms with van der Waals surface area (Å²) in [7, 11) is 1.87. The van der Waals surface area contributed by atoms with Gasteiger partial charge >= 0.3 is 0 Å². The van der Waals surface area contributed by atoms with Gasteiger partial charge in [-0.25, -0.2) is 0 Å². The van der Waals surface area contributed by atoms with Crippen LogP contribution in [0.25, 0.3) is 10.2 Å². The molecule has 0 aliphatic carbocycles. The molecule has 1 N–H and O–H groups in total. The Hall–Kier alpha value is -2.41. The summed E-state index contributed by atoms with van der Waals surface area (Å²) in [4.78, 5) is 18.9. The van der Waals surface area contributed by atoms with Crippen LogP contribution >= 0.6 is 11.3 Å². The normalized spacial score (nSPS) is 18.1. The Morgan fingerprint density at radius 1 is 1.39 bits per heavy atom. The molecule has 1 atom stereocenters. The van der Waals surface area contributed by atoms with Crippen molar-refractivity contribution >= 4 is 39.0 Å². The Bertz CT molecular complexity index is 884. The minimum atomic E-state index is -0.210. The number of nitrogens with zero attached hydrogens (tertiary/aromatic N) is 4. The maximum atomic E-state index is 12.8. The second-order valence-corrected chi connectivity index (χ2v) is 6.65. The van der Waals surface area contributed by atoms with Crippen molar-refractivity contribution in [2.75, 3.05) is 16.8 Å². The number of pyridine rings is 1. The minimum Gasteiger partial charge on any atom is -0.372 e. The van der Waals surface area contributed by atoms with Crippen molar-refractivity contribution in [2.24, 2.45) is 7.05 Å². The van der Waals surface area contributed by atoms with Crippen LogP contribution in [0, 0.1) is 6.92 Å². The summed E-state index contributed by atoms with van der Waals surface area (Å²) in [6.07, 6.45) is 2.55. The summed E-state index contributed by atoms with van der Waals surface area (Å²) in [6.45, 7) is 2.64. The molecule has 1 unspecified atom stereocenters. The standard InChI is InChI=1S/C16H17N5OS/c1-10-9-14(20(2)19-10)21-7-4-13(16(21)22)18-12-3-6-17-11-5-8-23-15(11)12/h3,5-6,8-9,13H,4,7H2,1-2H3,(H,17,18). The monoisotopic (exact) mass is 327 g/mol. The summed E-state index contributed by atoms with van der Waals surface area (Å²) in [5, 5.41) is 9.74. The van der Waals surface area contributed by atoms with E-state index in [4.69, 9.17) is 0 Å². The number of aromatic nitrogens is 3. The molecule has 1 aliphatic heterocycles. The van der Waals surface area contributed by atoms with Gasteiger partial charge in [-0.05, 0) is 30.9 Å². The van der Waals surface area contributed by atoms with Gasteiger partial charge in [0, 0.05) is 25.9 Å². The third-order valence-corrected chi connectivity index (χ3v) is 5.07. The number of hydrogen-bond donors (Lipinski definition) is 1. The molecule has 3 aromatic rings. The lowest BCUT2D eigenvalue weighted by atomic mass is 10.2. The zero-order valence-electron chi connectivity index (χ0n) is 13.0. The third-order valence-electron chi connectivity index (χ3n) is 4.13. The van der Waals surface area contributed by atoms with Gasteiger partial charge < -0.3 is 5.32 Å². The number of anilines is 2. The van der Waals surface area contributed by atoms with Crippen molar-refractivity contribution in [2.45, 2.75) is 19.4 Å². The van der Waals surface area contributed by atoms with Gasteiger partial charge in [0.05, 0.1) is 21.6 Å². The molecule has 0 bridgehead atoms. The van der Waals surface area contributed by atoms with Gasteiger partial charge in [0.25, 0.3) is 5.91 Å². The Morgan fingerprint density at radius 3 is 3.04 bits per heavy atom. The Balaban J connectivity index is 1.59. The molecular formula is C16H17N5OS. The number of thiophene rings is 1. The summed E-state index contributed by atoms with van der Waals surface area (Å²) in [6, 6.07) is 5.66. The molecule has 4 rings (SSSR count). The third kappa shape index (κ3) is 2.37. The average Bonchev–Trinajstić information content (AvgIpc) is 3.20. The van der Waals surface area contributed by atoms with Gasteiger partial charge in [0.15, 0.2) is 0 Å². The summed E-state index contributed by atoms with van der Waals surface area (Å²) >= 11 is 1.64. The first-order chi connectivity index (χ1) is 11.1. The van der Waals surface area contributed by atoms with E-state index in [9.17, 15) is 4.79 Å². The Morgan fingerprint density at radius 2 is 2.26 bits per heavy atom. The van der Waals surface area contributed by atoms with Gasteiger partial charge in [0.1, 0.15) is 11.9 Å². The lowest BCUT2D eigenvalue weighted by molar-refractivity contribution is -0.117. The highest BCUT2D eigenvalue weighted by molar-refractivity contribution is 7.17.